The Hall–Kier alpha value is 0.894. The average molecular weight is 980 g/mol. The Bertz CT molecular complexity index is 747. The van der Waals surface area contributed by atoms with Gasteiger partial charge in [-0.3, -0.25) is 0 Å². The molecule has 6 nitrogen and oxygen atoms in total. The Balaban J connectivity index is 6.61. The van der Waals surface area contributed by atoms with E-state index >= 15 is 0 Å². The lowest BCUT2D eigenvalue weighted by Gasteiger charge is -2.38. The van der Waals surface area contributed by atoms with Crippen molar-refractivity contribution in [2.45, 2.75) is 309 Å². The molecule has 0 aliphatic rings. The Kier molecular flexibility index (Phi) is 51.0. The molecule has 2 unspecified atom stereocenters. The quantitative estimate of drug-likeness (QED) is 0.0339. The molecular formula is C54H114O6S2Si2. The Morgan fingerprint density at radius 2 is 0.391 bits per heavy atom. The normalized spacial score (nSPS) is 13.3. The Labute approximate surface area is 412 Å². The third-order valence-electron chi connectivity index (χ3n) is 12.6. The molecule has 0 aromatic carbocycles. The third-order valence-corrected chi connectivity index (χ3v) is 25.1. The van der Waals surface area contributed by atoms with E-state index in [0.717, 1.165) is 91.0 Å². The fourth-order valence-electron chi connectivity index (χ4n) is 8.28. The van der Waals surface area contributed by atoms with Crippen LogP contribution in [0, 0.1) is 0 Å². The molecule has 0 radical (unpaired) electrons. The Morgan fingerprint density at radius 1 is 0.234 bits per heavy atom. The van der Waals surface area contributed by atoms with E-state index in [-0.39, 0.29) is 9.75 Å². The molecule has 0 heterocycles. The summed E-state index contributed by atoms with van der Waals surface area (Å²) in [6.45, 7) is 22.8. The van der Waals surface area contributed by atoms with Crippen molar-refractivity contribution in [3.05, 3.63) is 0 Å². The summed E-state index contributed by atoms with van der Waals surface area (Å²) in [5.74, 6) is 0. The molecule has 0 saturated heterocycles. The third kappa shape index (κ3) is 35.9. The monoisotopic (exact) mass is 979 g/mol. The molecule has 0 rings (SSSR count). The molecule has 0 aromatic rings. The predicted octanol–water partition coefficient (Wildman–Crippen LogP) is 19.1. The van der Waals surface area contributed by atoms with Crippen LogP contribution >= 0.6 is 21.6 Å². The van der Waals surface area contributed by atoms with Gasteiger partial charge < -0.3 is 26.6 Å². The van der Waals surface area contributed by atoms with Crippen LogP contribution < -0.4 is 0 Å². The summed E-state index contributed by atoms with van der Waals surface area (Å²) in [6, 6.07) is 0. The molecular weight excluding hydrogens is 865 g/mol. The van der Waals surface area contributed by atoms with Crippen molar-refractivity contribution in [1.82, 2.24) is 0 Å². The smallest absolute Gasteiger partial charge is 0.373 e. The van der Waals surface area contributed by atoms with Crippen molar-refractivity contribution in [1.29, 1.82) is 0 Å². The van der Waals surface area contributed by atoms with E-state index in [4.69, 9.17) is 26.6 Å². The van der Waals surface area contributed by atoms with Crippen LogP contribution in [0.25, 0.3) is 0 Å². The van der Waals surface area contributed by atoms with E-state index in [1.54, 1.807) is 0 Å². The fraction of sp³-hybridized carbons (Fsp3) is 1.00. The number of rotatable bonds is 55. The van der Waals surface area contributed by atoms with Crippen molar-refractivity contribution in [2.75, 3.05) is 39.6 Å². The van der Waals surface area contributed by atoms with Gasteiger partial charge in [0, 0.05) is 39.6 Å². The fourth-order valence-corrected chi connectivity index (χ4v) is 20.9. The zero-order chi connectivity index (χ0) is 46.9. The second-order valence-electron chi connectivity index (χ2n) is 18.9. The first-order valence-corrected chi connectivity index (χ1v) is 34.5. The van der Waals surface area contributed by atoms with E-state index in [2.05, 4.69) is 55.4 Å². The first-order valence-electron chi connectivity index (χ1n) is 28.6. The predicted molar refractivity (Wildman–Crippen MR) is 291 cm³/mol. The standard InChI is InChI=1S/C54H114O6S2Si2/c1-9-17-23-29-35-41-47-55-63(56-48-42-36-30-24-18-10-2,57-49-43-37-31-25-19-11-3)53(15-7)61-62-54(16-8)64(58-50-44-38-32-26-20-12-4,59-51-45-39-33-27-21-13-5)60-52-46-40-34-28-22-14-6/h53-54H,9-52H2,1-8H3. The van der Waals surface area contributed by atoms with Crippen molar-refractivity contribution >= 4 is 39.2 Å². The van der Waals surface area contributed by atoms with Gasteiger partial charge in [0.1, 0.15) is 0 Å². The SMILES string of the molecule is CCCCCCCCO[Si](OCCCCCCCC)(OCCCCCCCC)C(CC)SSC(CC)[Si](OCCCCCCCC)(OCCCCCCCC)OCCCCCCCC. The Morgan fingerprint density at radius 3 is 0.547 bits per heavy atom. The highest BCUT2D eigenvalue weighted by Crippen LogP contribution is 2.43. The van der Waals surface area contributed by atoms with Gasteiger partial charge in [0.25, 0.3) is 0 Å². The van der Waals surface area contributed by atoms with E-state index < -0.39 is 17.6 Å². The van der Waals surface area contributed by atoms with Gasteiger partial charge in [0.15, 0.2) is 0 Å². The zero-order valence-electron chi connectivity index (χ0n) is 44.5. The number of hydrogen-bond acceptors (Lipinski definition) is 8. The maximum atomic E-state index is 7.17. The van der Waals surface area contributed by atoms with Crippen LogP contribution in [0.1, 0.15) is 299 Å². The second-order valence-corrected chi connectivity index (χ2v) is 27.9. The molecule has 0 spiro atoms. The maximum absolute atomic E-state index is 7.17. The largest absolute Gasteiger partial charge is 0.515 e. The van der Waals surface area contributed by atoms with E-state index in [9.17, 15) is 0 Å². The van der Waals surface area contributed by atoms with E-state index in [0.29, 0.717) is 0 Å². The first-order chi connectivity index (χ1) is 31.5. The molecule has 0 aliphatic heterocycles. The molecule has 0 aliphatic carbocycles. The zero-order valence-corrected chi connectivity index (χ0v) is 48.2. The molecule has 64 heavy (non-hydrogen) atoms. The summed E-state index contributed by atoms with van der Waals surface area (Å²) in [4.78, 5) is 0.267. The van der Waals surface area contributed by atoms with Crippen molar-refractivity contribution in [2.24, 2.45) is 0 Å². The van der Waals surface area contributed by atoms with Crippen LogP contribution in [-0.4, -0.2) is 67.0 Å². The van der Waals surface area contributed by atoms with Crippen LogP contribution in [0.4, 0.5) is 0 Å². The summed E-state index contributed by atoms with van der Waals surface area (Å²) in [6.07, 6.45) is 46.9. The van der Waals surface area contributed by atoms with Crippen LogP contribution in [0.3, 0.4) is 0 Å². The van der Waals surface area contributed by atoms with Gasteiger partial charge in [-0.2, -0.15) is 0 Å². The van der Waals surface area contributed by atoms with Crippen molar-refractivity contribution < 1.29 is 26.6 Å². The summed E-state index contributed by atoms with van der Waals surface area (Å²) >= 11 is 0. The van der Waals surface area contributed by atoms with Crippen LogP contribution in [0.2, 0.25) is 0 Å². The van der Waals surface area contributed by atoms with E-state index in [1.807, 2.05) is 21.6 Å². The van der Waals surface area contributed by atoms with Gasteiger partial charge in [-0.15, -0.1) is 0 Å². The minimum atomic E-state index is -3.10. The molecule has 0 amide bonds. The highest BCUT2D eigenvalue weighted by Gasteiger charge is 2.53. The van der Waals surface area contributed by atoms with Crippen LogP contribution in [0.5, 0.6) is 0 Å². The molecule has 0 aromatic heterocycles. The maximum Gasteiger partial charge on any atom is 0.515 e. The molecule has 386 valence electrons. The summed E-state index contributed by atoms with van der Waals surface area (Å²) in [5, 5.41) is 0. The first kappa shape index (κ1) is 64.9. The molecule has 0 bridgehead atoms. The highest BCUT2D eigenvalue weighted by molar-refractivity contribution is 8.77. The van der Waals surface area contributed by atoms with Crippen molar-refractivity contribution in [3.8, 4) is 0 Å². The van der Waals surface area contributed by atoms with Gasteiger partial charge in [-0.05, 0) is 51.4 Å². The highest BCUT2D eigenvalue weighted by atomic mass is 33.1. The lowest BCUT2D eigenvalue weighted by Crippen LogP contribution is -2.57. The molecule has 0 saturated carbocycles. The molecule has 10 heteroatoms. The molecule has 0 fully saturated rings. The number of unbranched alkanes of at least 4 members (excludes halogenated alkanes) is 30. The van der Waals surface area contributed by atoms with E-state index in [1.165, 1.54) is 193 Å². The lowest BCUT2D eigenvalue weighted by atomic mass is 10.1. The summed E-state index contributed by atoms with van der Waals surface area (Å²) in [7, 11) is -2.25. The minimum Gasteiger partial charge on any atom is -0.373 e. The number of hydrogen-bond donors (Lipinski definition) is 0. The minimum absolute atomic E-state index is 0.134. The topological polar surface area (TPSA) is 55.4 Å². The van der Waals surface area contributed by atoms with Crippen molar-refractivity contribution in [3.63, 3.8) is 0 Å². The summed E-state index contributed by atoms with van der Waals surface area (Å²) < 4.78 is 43.0. The molecule has 0 N–H and O–H groups in total. The van der Waals surface area contributed by atoms with Gasteiger partial charge in [-0.1, -0.05) is 270 Å². The second kappa shape index (κ2) is 50.3. The van der Waals surface area contributed by atoms with Crippen LogP contribution in [0.15, 0.2) is 0 Å². The summed E-state index contributed by atoms with van der Waals surface area (Å²) in [5.41, 5.74) is 0. The van der Waals surface area contributed by atoms with Crippen LogP contribution in [-0.2, 0) is 26.6 Å². The molecule has 2 atom stereocenters. The lowest BCUT2D eigenvalue weighted by molar-refractivity contribution is 0.0523. The van der Waals surface area contributed by atoms with Gasteiger partial charge in [0.2, 0.25) is 0 Å². The van der Waals surface area contributed by atoms with Gasteiger partial charge in [0.05, 0.1) is 9.75 Å². The average Bonchev–Trinajstić information content (AvgIpc) is 3.30. The van der Waals surface area contributed by atoms with Gasteiger partial charge >= 0.3 is 17.6 Å². The van der Waals surface area contributed by atoms with Gasteiger partial charge in [-0.25, -0.2) is 0 Å².